The van der Waals surface area contributed by atoms with Crippen molar-refractivity contribution in [1.29, 1.82) is 0 Å². The van der Waals surface area contributed by atoms with E-state index < -0.39 is 0 Å². The molecule has 1 saturated heterocycles. The molecule has 1 heterocycles. The number of ether oxygens (including phenoxy) is 1. The Morgan fingerprint density at radius 1 is 1.07 bits per heavy atom. The Kier molecular flexibility index (Phi) is 6.47. The normalized spacial score (nSPS) is 14.7. The summed E-state index contributed by atoms with van der Waals surface area (Å²) in [6, 6.07) is 14.3. The molecule has 2 aromatic rings. The first-order valence-electron chi connectivity index (χ1n) is 8.77. The summed E-state index contributed by atoms with van der Waals surface area (Å²) in [7, 11) is 2.05. The van der Waals surface area contributed by atoms with Crippen molar-refractivity contribution in [3.63, 3.8) is 0 Å². The maximum absolute atomic E-state index is 12.6. The van der Waals surface area contributed by atoms with Gasteiger partial charge in [-0.1, -0.05) is 22.0 Å². The molecule has 27 heavy (non-hydrogen) atoms. The number of nitrogens with zero attached hydrogens (tertiary/aromatic N) is 2. The van der Waals surface area contributed by atoms with Crippen LogP contribution < -0.4 is 10.1 Å². The van der Waals surface area contributed by atoms with Crippen LogP contribution in [0.25, 0.3) is 0 Å². The lowest BCUT2D eigenvalue weighted by molar-refractivity contribution is -0.118. The number of amides is 2. The van der Waals surface area contributed by atoms with E-state index in [9.17, 15) is 9.59 Å². The van der Waals surface area contributed by atoms with E-state index in [0.29, 0.717) is 30.1 Å². The molecule has 1 aliphatic rings. The van der Waals surface area contributed by atoms with E-state index in [0.717, 1.165) is 17.6 Å². The number of benzene rings is 2. The van der Waals surface area contributed by atoms with E-state index in [1.54, 1.807) is 36.4 Å². The van der Waals surface area contributed by atoms with Crippen LogP contribution in [0.1, 0.15) is 10.4 Å². The molecule has 0 unspecified atom stereocenters. The third-order valence-electron chi connectivity index (χ3n) is 4.37. The standard InChI is InChI=1S/C20H22BrN3O3/c1-23-9-11-24(12-10-23)20(26)15-3-2-4-17(13-15)22-19(25)14-27-18-7-5-16(21)6-8-18/h2-8,13H,9-12,14H2,1H3,(H,22,25). The summed E-state index contributed by atoms with van der Waals surface area (Å²) in [6.07, 6.45) is 0. The molecule has 2 amide bonds. The molecule has 1 fully saturated rings. The van der Waals surface area contributed by atoms with Crippen LogP contribution in [-0.4, -0.2) is 61.4 Å². The minimum Gasteiger partial charge on any atom is -0.484 e. The van der Waals surface area contributed by atoms with E-state index in [1.165, 1.54) is 0 Å². The van der Waals surface area contributed by atoms with Gasteiger partial charge in [-0.3, -0.25) is 9.59 Å². The maximum Gasteiger partial charge on any atom is 0.262 e. The Morgan fingerprint density at radius 3 is 2.48 bits per heavy atom. The first kappa shape index (κ1) is 19.4. The molecular formula is C20H22BrN3O3. The highest BCUT2D eigenvalue weighted by Crippen LogP contribution is 2.17. The Bertz CT molecular complexity index is 802. The molecule has 0 aromatic heterocycles. The fourth-order valence-electron chi connectivity index (χ4n) is 2.80. The summed E-state index contributed by atoms with van der Waals surface area (Å²) in [4.78, 5) is 28.8. The van der Waals surface area contributed by atoms with Gasteiger partial charge in [0.25, 0.3) is 11.8 Å². The van der Waals surface area contributed by atoms with Crippen LogP contribution in [0.5, 0.6) is 5.75 Å². The monoisotopic (exact) mass is 431 g/mol. The van der Waals surface area contributed by atoms with Crippen molar-refractivity contribution in [3.8, 4) is 5.75 Å². The smallest absolute Gasteiger partial charge is 0.262 e. The average Bonchev–Trinajstić information content (AvgIpc) is 2.68. The summed E-state index contributed by atoms with van der Waals surface area (Å²) >= 11 is 3.35. The zero-order chi connectivity index (χ0) is 19.2. The number of nitrogens with one attached hydrogen (secondary N) is 1. The van der Waals surface area contributed by atoms with Gasteiger partial charge in [-0.15, -0.1) is 0 Å². The number of anilines is 1. The highest BCUT2D eigenvalue weighted by atomic mass is 79.9. The van der Waals surface area contributed by atoms with E-state index in [2.05, 4.69) is 26.1 Å². The summed E-state index contributed by atoms with van der Waals surface area (Å²) in [5, 5.41) is 2.78. The van der Waals surface area contributed by atoms with Crippen molar-refractivity contribution in [2.24, 2.45) is 0 Å². The second kappa shape index (κ2) is 9.01. The van der Waals surface area contributed by atoms with Crippen molar-refractivity contribution in [2.75, 3.05) is 45.2 Å². The first-order chi connectivity index (χ1) is 13.0. The zero-order valence-corrected chi connectivity index (χ0v) is 16.7. The predicted molar refractivity (Wildman–Crippen MR) is 108 cm³/mol. The number of likely N-dealkylation sites (N-methyl/N-ethyl adjacent to an activating group) is 1. The molecule has 142 valence electrons. The number of rotatable bonds is 5. The molecule has 3 rings (SSSR count). The molecule has 7 heteroatoms. The Balaban J connectivity index is 1.55. The highest BCUT2D eigenvalue weighted by molar-refractivity contribution is 9.10. The largest absolute Gasteiger partial charge is 0.484 e. The fourth-order valence-corrected chi connectivity index (χ4v) is 3.06. The van der Waals surface area contributed by atoms with Crippen molar-refractivity contribution in [3.05, 3.63) is 58.6 Å². The van der Waals surface area contributed by atoms with E-state index in [-0.39, 0.29) is 18.4 Å². The van der Waals surface area contributed by atoms with Crippen LogP contribution in [0.2, 0.25) is 0 Å². The van der Waals surface area contributed by atoms with Gasteiger partial charge in [0.2, 0.25) is 0 Å². The molecule has 0 atom stereocenters. The average molecular weight is 432 g/mol. The van der Waals surface area contributed by atoms with Gasteiger partial charge in [-0.25, -0.2) is 0 Å². The van der Waals surface area contributed by atoms with Crippen LogP contribution >= 0.6 is 15.9 Å². The molecular weight excluding hydrogens is 410 g/mol. The van der Waals surface area contributed by atoms with Crippen LogP contribution in [0.15, 0.2) is 53.0 Å². The van der Waals surface area contributed by atoms with Crippen molar-refractivity contribution in [1.82, 2.24) is 9.80 Å². The van der Waals surface area contributed by atoms with Gasteiger partial charge in [0.15, 0.2) is 6.61 Å². The van der Waals surface area contributed by atoms with E-state index >= 15 is 0 Å². The Hall–Kier alpha value is -2.38. The zero-order valence-electron chi connectivity index (χ0n) is 15.2. The van der Waals surface area contributed by atoms with Gasteiger partial charge in [-0.05, 0) is 49.5 Å². The lowest BCUT2D eigenvalue weighted by Gasteiger charge is -2.32. The minimum absolute atomic E-state index is 0.00897. The molecule has 1 aliphatic heterocycles. The van der Waals surface area contributed by atoms with Crippen molar-refractivity contribution < 1.29 is 14.3 Å². The molecule has 0 bridgehead atoms. The lowest BCUT2D eigenvalue weighted by atomic mass is 10.1. The quantitative estimate of drug-likeness (QED) is 0.790. The highest BCUT2D eigenvalue weighted by Gasteiger charge is 2.20. The van der Waals surface area contributed by atoms with Crippen LogP contribution in [0, 0.1) is 0 Å². The van der Waals surface area contributed by atoms with Gasteiger partial charge >= 0.3 is 0 Å². The third kappa shape index (κ3) is 5.55. The third-order valence-corrected chi connectivity index (χ3v) is 4.90. The summed E-state index contributed by atoms with van der Waals surface area (Å²) in [6.45, 7) is 3.07. The van der Waals surface area contributed by atoms with E-state index in [1.807, 2.05) is 24.1 Å². The molecule has 1 N–H and O–H groups in total. The Morgan fingerprint density at radius 2 is 1.78 bits per heavy atom. The van der Waals surface area contributed by atoms with Gasteiger partial charge in [0.05, 0.1) is 0 Å². The number of carbonyl (C=O) groups excluding carboxylic acids is 2. The minimum atomic E-state index is -0.276. The second-order valence-corrected chi connectivity index (χ2v) is 7.38. The predicted octanol–water partition coefficient (Wildman–Crippen LogP) is 2.85. The second-order valence-electron chi connectivity index (χ2n) is 6.47. The lowest BCUT2D eigenvalue weighted by Crippen LogP contribution is -2.47. The molecule has 0 radical (unpaired) electrons. The van der Waals surface area contributed by atoms with Gasteiger partial charge < -0.3 is 19.9 Å². The number of halogens is 1. The van der Waals surface area contributed by atoms with Gasteiger partial charge in [0.1, 0.15) is 5.75 Å². The van der Waals surface area contributed by atoms with Gasteiger partial charge in [0, 0.05) is 41.9 Å². The van der Waals surface area contributed by atoms with Crippen LogP contribution in [0.3, 0.4) is 0 Å². The molecule has 0 saturated carbocycles. The van der Waals surface area contributed by atoms with E-state index in [4.69, 9.17) is 4.74 Å². The number of hydrogen-bond donors (Lipinski definition) is 1. The van der Waals surface area contributed by atoms with Crippen molar-refractivity contribution in [2.45, 2.75) is 0 Å². The number of hydrogen-bond acceptors (Lipinski definition) is 4. The summed E-state index contributed by atoms with van der Waals surface area (Å²) in [5.74, 6) is 0.333. The summed E-state index contributed by atoms with van der Waals surface area (Å²) < 4.78 is 6.41. The molecule has 0 aliphatic carbocycles. The number of carbonyl (C=O) groups is 2. The topological polar surface area (TPSA) is 61.9 Å². The molecule has 2 aromatic carbocycles. The van der Waals surface area contributed by atoms with Crippen LogP contribution in [-0.2, 0) is 4.79 Å². The van der Waals surface area contributed by atoms with Gasteiger partial charge in [-0.2, -0.15) is 0 Å². The summed E-state index contributed by atoms with van der Waals surface area (Å²) in [5.41, 5.74) is 1.16. The fraction of sp³-hybridized carbons (Fsp3) is 0.300. The maximum atomic E-state index is 12.6. The number of piperazine rings is 1. The Labute approximate surface area is 167 Å². The molecule has 6 nitrogen and oxygen atoms in total. The first-order valence-corrected chi connectivity index (χ1v) is 9.57. The van der Waals surface area contributed by atoms with Crippen molar-refractivity contribution >= 4 is 33.4 Å². The molecule has 0 spiro atoms. The SMILES string of the molecule is CN1CCN(C(=O)c2cccc(NC(=O)COc3ccc(Br)cc3)c2)CC1. The van der Waals surface area contributed by atoms with Crippen LogP contribution in [0.4, 0.5) is 5.69 Å².